The second-order valence-corrected chi connectivity index (χ2v) is 11.9. The zero-order valence-electron chi connectivity index (χ0n) is 21.0. The van der Waals surface area contributed by atoms with Crippen molar-refractivity contribution in [3.63, 3.8) is 0 Å². The van der Waals surface area contributed by atoms with Crippen LogP contribution in [-0.2, 0) is 29.9 Å². The molecule has 0 bridgehead atoms. The van der Waals surface area contributed by atoms with Crippen LogP contribution in [0.2, 0.25) is 5.02 Å². The minimum absolute atomic E-state index is 0. The summed E-state index contributed by atoms with van der Waals surface area (Å²) in [7, 11) is -1.91. The Bertz CT molecular complexity index is 1310. The second kappa shape index (κ2) is 12.2. The van der Waals surface area contributed by atoms with E-state index < -0.39 is 10.0 Å². The highest BCUT2D eigenvalue weighted by Crippen LogP contribution is 2.40. The fourth-order valence-corrected chi connectivity index (χ4v) is 6.80. The van der Waals surface area contributed by atoms with Gasteiger partial charge in [-0.15, -0.1) is 12.4 Å². The van der Waals surface area contributed by atoms with Crippen molar-refractivity contribution in [2.24, 2.45) is 7.05 Å². The van der Waals surface area contributed by atoms with Crippen LogP contribution in [0.3, 0.4) is 0 Å². The number of nitrogens with zero attached hydrogens (tertiary/aromatic N) is 3. The van der Waals surface area contributed by atoms with Gasteiger partial charge in [0.2, 0.25) is 10.0 Å². The lowest BCUT2D eigenvalue weighted by molar-refractivity contribution is 0.188. The maximum absolute atomic E-state index is 12.4. The van der Waals surface area contributed by atoms with Crippen LogP contribution in [0.15, 0.2) is 59.8 Å². The Kier molecular flexibility index (Phi) is 9.19. The summed E-state index contributed by atoms with van der Waals surface area (Å²) in [4.78, 5) is 2.81. The number of aryl methyl sites for hydroxylation is 2. The molecule has 5 rings (SSSR count). The summed E-state index contributed by atoms with van der Waals surface area (Å²) < 4.78 is 34.9. The minimum Gasteiger partial charge on any atom is -0.492 e. The van der Waals surface area contributed by atoms with E-state index >= 15 is 0 Å². The molecular weight excluding hydrogens is 531 g/mol. The molecule has 7 nitrogen and oxygen atoms in total. The summed E-state index contributed by atoms with van der Waals surface area (Å²) in [5.74, 6) is 1.13. The summed E-state index contributed by atoms with van der Waals surface area (Å²) in [6.07, 6.45) is 8.51. The number of sulfonamides is 1. The van der Waals surface area contributed by atoms with Gasteiger partial charge in [0.15, 0.2) is 0 Å². The van der Waals surface area contributed by atoms with Gasteiger partial charge >= 0.3 is 0 Å². The maximum Gasteiger partial charge on any atom is 0.243 e. The smallest absolute Gasteiger partial charge is 0.243 e. The predicted molar refractivity (Wildman–Crippen MR) is 148 cm³/mol. The molecule has 1 aromatic heterocycles. The molecule has 2 heterocycles. The molecule has 2 aliphatic rings. The lowest BCUT2D eigenvalue weighted by Crippen LogP contribution is -2.41. The van der Waals surface area contributed by atoms with Gasteiger partial charge in [0.25, 0.3) is 0 Å². The zero-order chi connectivity index (χ0) is 25.1. The number of likely N-dealkylation sites (tertiary alicyclic amines) is 1. The molecule has 0 amide bonds. The summed E-state index contributed by atoms with van der Waals surface area (Å²) in [5, 5.41) is 4.70. The van der Waals surface area contributed by atoms with Crippen LogP contribution in [0, 0.1) is 0 Å². The van der Waals surface area contributed by atoms with Crippen molar-refractivity contribution in [2.45, 2.75) is 49.0 Å². The van der Waals surface area contributed by atoms with Crippen molar-refractivity contribution in [2.75, 3.05) is 26.2 Å². The number of aromatic nitrogens is 2. The van der Waals surface area contributed by atoms with Crippen LogP contribution < -0.4 is 9.46 Å². The first kappa shape index (κ1) is 27.9. The summed E-state index contributed by atoms with van der Waals surface area (Å²) in [5.41, 5.74) is 3.97. The second-order valence-electron chi connectivity index (χ2n) is 9.75. The third-order valence-electron chi connectivity index (χ3n) is 7.30. The van der Waals surface area contributed by atoms with Crippen LogP contribution in [-0.4, -0.2) is 55.4 Å². The minimum atomic E-state index is -3.60. The highest BCUT2D eigenvalue weighted by Gasteiger charge is 2.35. The highest BCUT2D eigenvalue weighted by molar-refractivity contribution is 7.89. The summed E-state index contributed by atoms with van der Waals surface area (Å²) in [6, 6.07) is 15.0. The van der Waals surface area contributed by atoms with E-state index in [1.165, 1.54) is 59.7 Å². The van der Waals surface area contributed by atoms with Crippen LogP contribution >= 0.6 is 24.0 Å². The van der Waals surface area contributed by atoms with Gasteiger partial charge in [-0.3, -0.25) is 9.58 Å². The molecule has 1 N–H and O–H groups in total. The maximum atomic E-state index is 12.4. The fraction of sp³-hybridized carbons (Fsp3) is 0.444. The first-order valence-electron chi connectivity index (χ1n) is 12.6. The molecule has 1 aliphatic heterocycles. The Morgan fingerprint density at radius 1 is 1.16 bits per heavy atom. The molecule has 10 heteroatoms. The summed E-state index contributed by atoms with van der Waals surface area (Å²) in [6.45, 7) is 2.75. The van der Waals surface area contributed by atoms with Crippen molar-refractivity contribution in [1.82, 2.24) is 19.4 Å². The molecule has 2 unspecified atom stereocenters. The quantitative estimate of drug-likeness (QED) is 0.384. The Balaban J connectivity index is 0.00000320. The van der Waals surface area contributed by atoms with E-state index in [4.69, 9.17) is 16.3 Å². The number of hydrogen-bond acceptors (Lipinski definition) is 5. The monoisotopic (exact) mass is 564 g/mol. The Labute approximate surface area is 230 Å². The molecule has 2 aromatic carbocycles. The molecule has 0 saturated carbocycles. The Morgan fingerprint density at radius 3 is 2.70 bits per heavy atom. The average Bonchev–Trinajstić information content (AvgIpc) is 3.55. The third-order valence-corrected chi connectivity index (χ3v) is 8.95. The van der Waals surface area contributed by atoms with E-state index in [1.807, 2.05) is 18.2 Å². The van der Waals surface area contributed by atoms with E-state index in [0.29, 0.717) is 12.0 Å². The first-order valence-corrected chi connectivity index (χ1v) is 14.5. The van der Waals surface area contributed by atoms with Crippen LogP contribution in [0.1, 0.15) is 41.9 Å². The number of fused-ring (bicyclic) bond motifs is 1. The van der Waals surface area contributed by atoms with Crippen molar-refractivity contribution in [3.8, 4) is 5.75 Å². The Morgan fingerprint density at radius 2 is 1.97 bits per heavy atom. The SMILES string of the molecule is Cl.Cn1cc(S(=O)(=O)NCCOc2ccc3c(c2)C(Cc2cccc(Cl)c2)C(N2CCCC2)CC3)cn1. The van der Waals surface area contributed by atoms with Crippen molar-refractivity contribution in [3.05, 3.63) is 76.6 Å². The average molecular weight is 566 g/mol. The van der Waals surface area contributed by atoms with Gasteiger partial charge in [0.05, 0.1) is 6.20 Å². The van der Waals surface area contributed by atoms with Crippen LogP contribution in [0.5, 0.6) is 5.75 Å². The van der Waals surface area contributed by atoms with E-state index in [2.05, 4.69) is 39.0 Å². The van der Waals surface area contributed by atoms with Gasteiger partial charge in [-0.2, -0.15) is 5.10 Å². The number of rotatable bonds is 9. The third kappa shape index (κ3) is 6.67. The fourth-order valence-electron chi connectivity index (χ4n) is 5.59. The molecule has 1 aliphatic carbocycles. The molecule has 2 atom stereocenters. The number of halogens is 2. The van der Waals surface area contributed by atoms with E-state index in [0.717, 1.165) is 30.0 Å². The number of nitrogens with one attached hydrogen (secondary N) is 1. The molecule has 1 saturated heterocycles. The lowest BCUT2D eigenvalue weighted by atomic mass is 9.75. The highest BCUT2D eigenvalue weighted by atomic mass is 35.5. The van der Waals surface area contributed by atoms with Gasteiger partial charge in [-0.25, -0.2) is 13.1 Å². The molecular formula is C27H34Cl2N4O3S. The number of benzene rings is 2. The van der Waals surface area contributed by atoms with Gasteiger partial charge in [0.1, 0.15) is 17.3 Å². The van der Waals surface area contributed by atoms with Crippen molar-refractivity contribution < 1.29 is 13.2 Å². The molecule has 1 fully saturated rings. The molecule has 0 spiro atoms. The molecule has 0 radical (unpaired) electrons. The predicted octanol–water partition coefficient (Wildman–Crippen LogP) is 4.59. The van der Waals surface area contributed by atoms with E-state index in [9.17, 15) is 8.42 Å². The van der Waals surface area contributed by atoms with Crippen molar-refractivity contribution in [1.29, 1.82) is 0 Å². The summed E-state index contributed by atoms with van der Waals surface area (Å²) >= 11 is 6.31. The molecule has 3 aromatic rings. The lowest BCUT2D eigenvalue weighted by Gasteiger charge is -2.39. The molecule has 37 heavy (non-hydrogen) atoms. The van der Waals surface area contributed by atoms with Crippen LogP contribution in [0.4, 0.5) is 0 Å². The van der Waals surface area contributed by atoms with Gasteiger partial charge in [-0.1, -0.05) is 29.8 Å². The largest absolute Gasteiger partial charge is 0.492 e. The first-order chi connectivity index (χ1) is 17.4. The van der Waals surface area contributed by atoms with E-state index in [-0.39, 0.29) is 30.5 Å². The van der Waals surface area contributed by atoms with Gasteiger partial charge in [-0.05, 0) is 86.1 Å². The number of ether oxygens (including phenoxy) is 1. The molecule has 200 valence electrons. The Hall–Kier alpha value is -2.10. The zero-order valence-corrected chi connectivity index (χ0v) is 23.4. The van der Waals surface area contributed by atoms with Crippen molar-refractivity contribution >= 4 is 34.0 Å². The normalized spacial score (nSPS) is 19.8. The number of hydrogen-bond donors (Lipinski definition) is 1. The standard InChI is InChI=1S/C27H33ClN4O3S.ClH/c1-31-19-24(18-29-31)36(33,34)30-11-14-35-23-9-7-21-8-10-27(32-12-2-3-13-32)26(25(21)17-23)16-20-5-4-6-22(28)15-20;/h4-7,9,15,17-19,26-27,30H,2-3,8,10-14,16H2,1H3;1H. The van der Waals surface area contributed by atoms with Gasteiger partial charge in [0, 0.05) is 36.8 Å². The van der Waals surface area contributed by atoms with Gasteiger partial charge < -0.3 is 4.74 Å². The topological polar surface area (TPSA) is 76.5 Å². The van der Waals surface area contributed by atoms with E-state index in [1.54, 1.807) is 7.05 Å². The van der Waals surface area contributed by atoms with Crippen LogP contribution in [0.25, 0.3) is 0 Å².